The normalized spacial score (nSPS) is 10.3. The first-order chi connectivity index (χ1) is 5.77. The Morgan fingerprint density at radius 1 is 1.58 bits per heavy atom. The van der Waals surface area contributed by atoms with E-state index in [0.29, 0.717) is 5.52 Å². The molecule has 5 heteroatoms. The molecule has 0 saturated heterocycles. The Bertz CT molecular complexity index is 435. The molecule has 5 nitrogen and oxygen atoms in total. The fourth-order valence-electron chi connectivity index (χ4n) is 0.984. The zero-order valence-electron chi connectivity index (χ0n) is 5.94. The molecule has 59 valence electrons. The Kier molecular flexibility index (Phi) is 1.30. The maximum absolute atomic E-state index is 10.3. The lowest BCUT2D eigenvalue weighted by Gasteiger charge is -1.89. The molecule has 0 saturated carbocycles. The lowest BCUT2D eigenvalue weighted by Crippen LogP contribution is -1.86. The fourth-order valence-corrected chi connectivity index (χ4v) is 0.984. The van der Waals surface area contributed by atoms with E-state index in [-0.39, 0.29) is 5.69 Å². The van der Waals surface area contributed by atoms with E-state index < -0.39 is 4.92 Å². The minimum absolute atomic E-state index is 0.0557. The van der Waals surface area contributed by atoms with Crippen molar-refractivity contribution in [2.24, 2.45) is 0 Å². The average Bonchev–Trinajstić information content (AvgIpc) is 2.49. The van der Waals surface area contributed by atoms with Gasteiger partial charge >= 0.3 is 0 Å². The lowest BCUT2D eigenvalue weighted by molar-refractivity contribution is -0.384. The molecule has 0 aliphatic carbocycles. The molecule has 1 N–H and O–H groups in total. The number of nitrogens with one attached hydrogen (secondary N) is 1. The highest BCUT2D eigenvalue weighted by Gasteiger charge is 2.06. The van der Waals surface area contributed by atoms with Crippen LogP contribution in [0.1, 0.15) is 0 Å². The van der Waals surface area contributed by atoms with Crippen LogP contribution in [0.3, 0.4) is 0 Å². The highest BCUT2D eigenvalue weighted by atomic mass is 16.6. The topological polar surface area (TPSA) is 71.8 Å². The van der Waals surface area contributed by atoms with E-state index >= 15 is 0 Å². The summed E-state index contributed by atoms with van der Waals surface area (Å²) in [7, 11) is 0. The summed E-state index contributed by atoms with van der Waals surface area (Å²) in [6, 6.07) is 4.46. The van der Waals surface area contributed by atoms with Gasteiger partial charge in [0.05, 0.1) is 10.4 Å². The summed E-state index contributed by atoms with van der Waals surface area (Å²) in [5.74, 6) is 0. The first-order valence-corrected chi connectivity index (χ1v) is 3.27. The Balaban J connectivity index is 2.68. The molecular formula is C7H4N3O2. The van der Waals surface area contributed by atoms with Crippen molar-refractivity contribution in [3.8, 4) is 0 Å². The van der Waals surface area contributed by atoms with Gasteiger partial charge < -0.3 is 0 Å². The molecule has 12 heavy (non-hydrogen) atoms. The average molecular weight is 162 g/mol. The molecule has 2 aromatic rings. The lowest BCUT2D eigenvalue weighted by atomic mass is 10.2. The summed E-state index contributed by atoms with van der Waals surface area (Å²) < 4.78 is 0. The molecule has 0 amide bonds. The number of benzene rings is 1. The second-order valence-electron chi connectivity index (χ2n) is 2.32. The number of non-ortho nitro benzene ring substituents is 1. The smallest absolute Gasteiger partial charge is 0.271 e. The number of aromatic nitrogens is 2. The number of hydrogen-bond donors (Lipinski definition) is 1. The summed E-state index contributed by atoms with van der Waals surface area (Å²) in [6.07, 6.45) is 2.66. The Morgan fingerprint density at radius 3 is 3.17 bits per heavy atom. The third-order valence-corrected chi connectivity index (χ3v) is 1.57. The molecule has 0 spiro atoms. The first kappa shape index (κ1) is 6.78. The van der Waals surface area contributed by atoms with Crippen molar-refractivity contribution in [1.82, 2.24) is 10.2 Å². The van der Waals surface area contributed by atoms with Gasteiger partial charge in [0.2, 0.25) is 0 Å². The van der Waals surface area contributed by atoms with Gasteiger partial charge in [0.1, 0.15) is 6.20 Å². The quantitative estimate of drug-likeness (QED) is 0.507. The molecule has 1 radical (unpaired) electrons. The van der Waals surface area contributed by atoms with E-state index in [2.05, 4.69) is 16.4 Å². The molecule has 0 aliphatic rings. The van der Waals surface area contributed by atoms with Crippen LogP contribution in [0.2, 0.25) is 0 Å². The molecule has 0 fully saturated rings. The third kappa shape index (κ3) is 0.914. The number of nitro groups is 1. The van der Waals surface area contributed by atoms with Gasteiger partial charge in [-0.2, -0.15) is 5.10 Å². The molecular weight excluding hydrogens is 158 g/mol. The van der Waals surface area contributed by atoms with Gasteiger partial charge in [-0.25, -0.2) is 0 Å². The fraction of sp³-hybridized carbons (Fsp3) is 0. The number of rotatable bonds is 1. The second kappa shape index (κ2) is 2.30. The number of fused-ring (bicyclic) bond motifs is 1. The maximum Gasteiger partial charge on any atom is 0.271 e. The van der Waals surface area contributed by atoms with Gasteiger partial charge in [0, 0.05) is 17.5 Å². The minimum atomic E-state index is -0.444. The van der Waals surface area contributed by atoms with Crippen molar-refractivity contribution < 1.29 is 4.92 Å². The highest BCUT2D eigenvalue weighted by molar-refractivity contribution is 5.79. The van der Waals surface area contributed by atoms with Crippen LogP contribution in [-0.4, -0.2) is 15.1 Å². The number of aromatic amines is 1. The van der Waals surface area contributed by atoms with Crippen LogP contribution in [0, 0.1) is 16.3 Å². The summed E-state index contributed by atoms with van der Waals surface area (Å²) in [4.78, 5) is 9.88. The van der Waals surface area contributed by atoms with Crippen molar-refractivity contribution in [2.45, 2.75) is 0 Å². The van der Waals surface area contributed by atoms with E-state index in [1.54, 1.807) is 6.07 Å². The maximum atomic E-state index is 10.3. The van der Waals surface area contributed by atoms with Crippen molar-refractivity contribution in [2.75, 3.05) is 0 Å². The summed E-state index contributed by atoms with van der Waals surface area (Å²) in [5, 5.41) is 17.3. The van der Waals surface area contributed by atoms with Gasteiger partial charge in [0.25, 0.3) is 5.69 Å². The predicted molar refractivity (Wildman–Crippen MR) is 41.6 cm³/mol. The van der Waals surface area contributed by atoms with E-state index in [1.807, 2.05) is 0 Å². The number of hydrogen-bond acceptors (Lipinski definition) is 3. The van der Waals surface area contributed by atoms with E-state index in [1.165, 1.54) is 12.1 Å². The highest BCUT2D eigenvalue weighted by Crippen LogP contribution is 2.17. The first-order valence-electron chi connectivity index (χ1n) is 3.27. The number of nitrogens with zero attached hydrogens (tertiary/aromatic N) is 2. The van der Waals surface area contributed by atoms with Crippen LogP contribution in [0.25, 0.3) is 10.9 Å². The van der Waals surface area contributed by atoms with Crippen LogP contribution in [-0.2, 0) is 0 Å². The van der Waals surface area contributed by atoms with Crippen LogP contribution in [0.15, 0.2) is 18.2 Å². The summed E-state index contributed by atoms with van der Waals surface area (Å²) in [5.41, 5.74) is 0.685. The molecule has 0 unspecified atom stereocenters. The zero-order valence-corrected chi connectivity index (χ0v) is 5.94. The monoisotopic (exact) mass is 162 g/mol. The molecule has 0 atom stereocenters. The number of H-pyrrole nitrogens is 1. The standard InChI is InChI=1S/C7H4N3O2/c11-10(12)6-2-1-5-4-8-9-7(5)3-6/h1-3H,(H,8,9). The Labute approximate surface area is 67.2 Å². The minimum Gasteiger partial charge on any atom is -0.277 e. The second-order valence-corrected chi connectivity index (χ2v) is 2.32. The van der Waals surface area contributed by atoms with E-state index in [4.69, 9.17) is 0 Å². The van der Waals surface area contributed by atoms with Crippen LogP contribution >= 0.6 is 0 Å². The van der Waals surface area contributed by atoms with Gasteiger partial charge in [-0.05, 0) is 6.07 Å². The SMILES string of the molecule is O=[N+]([O-])c1ccc2[c]n[nH]c2c1. The Morgan fingerprint density at radius 2 is 2.42 bits per heavy atom. The van der Waals surface area contributed by atoms with E-state index in [0.717, 1.165) is 5.39 Å². The van der Waals surface area contributed by atoms with Gasteiger partial charge in [-0.3, -0.25) is 15.2 Å². The number of nitro benzene ring substituents is 1. The van der Waals surface area contributed by atoms with Crippen LogP contribution < -0.4 is 0 Å². The molecule has 0 aliphatic heterocycles. The van der Waals surface area contributed by atoms with Gasteiger partial charge in [-0.15, -0.1) is 0 Å². The Hall–Kier alpha value is -1.91. The van der Waals surface area contributed by atoms with Gasteiger partial charge in [-0.1, -0.05) is 0 Å². The van der Waals surface area contributed by atoms with Crippen molar-refractivity contribution in [3.05, 3.63) is 34.5 Å². The van der Waals surface area contributed by atoms with Crippen molar-refractivity contribution in [3.63, 3.8) is 0 Å². The van der Waals surface area contributed by atoms with Crippen molar-refractivity contribution >= 4 is 16.6 Å². The molecule has 0 bridgehead atoms. The van der Waals surface area contributed by atoms with Crippen LogP contribution in [0.4, 0.5) is 5.69 Å². The molecule has 1 aromatic carbocycles. The van der Waals surface area contributed by atoms with Crippen LogP contribution in [0.5, 0.6) is 0 Å². The largest absolute Gasteiger partial charge is 0.277 e. The van der Waals surface area contributed by atoms with Gasteiger partial charge in [0.15, 0.2) is 0 Å². The predicted octanol–water partition coefficient (Wildman–Crippen LogP) is 1.27. The molecule has 1 aromatic heterocycles. The third-order valence-electron chi connectivity index (χ3n) is 1.57. The molecule has 1 heterocycles. The van der Waals surface area contributed by atoms with Crippen molar-refractivity contribution in [1.29, 1.82) is 0 Å². The zero-order chi connectivity index (χ0) is 8.55. The summed E-state index contributed by atoms with van der Waals surface area (Å²) >= 11 is 0. The summed E-state index contributed by atoms with van der Waals surface area (Å²) in [6.45, 7) is 0. The van der Waals surface area contributed by atoms with E-state index in [9.17, 15) is 10.1 Å². The molecule has 2 rings (SSSR count).